The molecular weight excluding hydrogens is 274 g/mol. The summed E-state index contributed by atoms with van der Waals surface area (Å²) < 4.78 is 27.0. The summed E-state index contributed by atoms with van der Waals surface area (Å²) in [4.78, 5) is 11.1. The van der Waals surface area contributed by atoms with Crippen LogP contribution in [0.2, 0.25) is 0 Å². The van der Waals surface area contributed by atoms with E-state index in [0.29, 0.717) is 24.3 Å². The fraction of sp³-hybridized carbons (Fsp3) is 0.533. The maximum Gasteiger partial charge on any atom is 0.240 e. The van der Waals surface area contributed by atoms with Gasteiger partial charge in [0.05, 0.1) is 4.90 Å². The Bertz CT molecular complexity index is 538. The number of Topliss-reactive ketones (excluding diaryl/α,β-unsaturated/α-hetero) is 1. The molecule has 0 spiro atoms. The Kier molecular flexibility index (Phi) is 6.88. The van der Waals surface area contributed by atoms with Crippen LogP contribution in [0.15, 0.2) is 29.2 Å². The van der Waals surface area contributed by atoms with Crippen LogP contribution in [0.25, 0.3) is 0 Å². The number of aryl methyl sites for hydroxylation is 1. The highest BCUT2D eigenvalue weighted by Crippen LogP contribution is 2.15. The highest BCUT2D eigenvalue weighted by atomic mass is 32.2. The topological polar surface area (TPSA) is 63.2 Å². The van der Waals surface area contributed by atoms with Crippen molar-refractivity contribution in [2.24, 2.45) is 0 Å². The lowest BCUT2D eigenvalue weighted by atomic mass is 10.1. The molecule has 0 aliphatic rings. The molecule has 0 radical (unpaired) electrons. The number of rotatable bonds is 9. The molecule has 0 heterocycles. The molecule has 0 saturated carbocycles. The Morgan fingerprint density at radius 3 is 2.50 bits per heavy atom. The van der Waals surface area contributed by atoms with E-state index in [0.717, 1.165) is 24.8 Å². The zero-order valence-electron chi connectivity index (χ0n) is 12.2. The molecule has 0 bridgehead atoms. The molecule has 0 aliphatic carbocycles. The molecule has 0 aromatic heterocycles. The summed E-state index contributed by atoms with van der Waals surface area (Å²) in [5, 5.41) is 0. The summed E-state index contributed by atoms with van der Waals surface area (Å²) in [6.45, 7) is 3.93. The molecule has 0 unspecified atom stereocenters. The van der Waals surface area contributed by atoms with E-state index >= 15 is 0 Å². The monoisotopic (exact) mass is 297 g/mol. The second kappa shape index (κ2) is 8.17. The quantitative estimate of drug-likeness (QED) is 0.713. The van der Waals surface area contributed by atoms with Crippen molar-refractivity contribution >= 4 is 15.8 Å². The molecule has 1 rings (SSSR count). The van der Waals surface area contributed by atoms with Crippen molar-refractivity contribution in [2.75, 3.05) is 6.54 Å². The molecule has 0 aliphatic heterocycles. The third-order valence-electron chi connectivity index (χ3n) is 3.14. The lowest BCUT2D eigenvalue weighted by molar-refractivity contribution is -0.117. The fourth-order valence-electron chi connectivity index (χ4n) is 2.02. The number of hydrogen-bond acceptors (Lipinski definition) is 3. The average Bonchev–Trinajstić information content (AvgIpc) is 2.42. The fourth-order valence-corrected chi connectivity index (χ4v) is 3.40. The van der Waals surface area contributed by atoms with Gasteiger partial charge in [0.1, 0.15) is 5.78 Å². The molecule has 0 saturated heterocycles. The van der Waals surface area contributed by atoms with Crippen molar-refractivity contribution in [3.63, 3.8) is 0 Å². The van der Waals surface area contributed by atoms with E-state index in [2.05, 4.69) is 4.72 Å². The highest BCUT2D eigenvalue weighted by Gasteiger charge is 2.16. The van der Waals surface area contributed by atoms with Gasteiger partial charge in [-0.05, 0) is 37.8 Å². The number of benzene rings is 1. The SMILES string of the molecule is CCc1ccccc1S(=O)(=O)NCCCCCC(C)=O. The molecule has 0 amide bonds. The highest BCUT2D eigenvalue weighted by molar-refractivity contribution is 7.89. The van der Waals surface area contributed by atoms with Crippen molar-refractivity contribution < 1.29 is 13.2 Å². The molecule has 112 valence electrons. The van der Waals surface area contributed by atoms with Gasteiger partial charge in [-0.1, -0.05) is 31.5 Å². The molecule has 1 aromatic carbocycles. The van der Waals surface area contributed by atoms with E-state index in [4.69, 9.17) is 0 Å². The van der Waals surface area contributed by atoms with Crippen LogP contribution >= 0.6 is 0 Å². The lowest BCUT2D eigenvalue weighted by Gasteiger charge is -2.10. The van der Waals surface area contributed by atoms with E-state index in [9.17, 15) is 13.2 Å². The third-order valence-corrected chi connectivity index (χ3v) is 4.70. The zero-order valence-corrected chi connectivity index (χ0v) is 13.0. The first-order valence-corrected chi connectivity index (χ1v) is 8.52. The van der Waals surface area contributed by atoms with Crippen molar-refractivity contribution in [1.82, 2.24) is 4.72 Å². The molecule has 1 N–H and O–H groups in total. The minimum absolute atomic E-state index is 0.183. The first-order chi connectivity index (χ1) is 9.47. The van der Waals surface area contributed by atoms with Gasteiger partial charge in [0.2, 0.25) is 10.0 Å². The molecule has 0 fully saturated rings. The number of sulfonamides is 1. The van der Waals surface area contributed by atoms with Gasteiger partial charge < -0.3 is 4.79 Å². The molecule has 5 heteroatoms. The van der Waals surface area contributed by atoms with Crippen LogP contribution in [-0.4, -0.2) is 20.7 Å². The van der Waals surface area contributed by atoms with Crippen LogP contribution in [0.4, 0.5) is 0 Å². The number of unbranched alkanes of at least 4 members (excludes halogenated alkanes) is 2. The Morgan fingerprint density at radius 1 is 1.15 bits per heavy atom. The number of carbonyl (C=O) groups is 1. The van der Waals surface area contributed by atoms with Gasteiger partial charge in [-0.2, -0.15) is 0 Å². The predicted molar refractivity (Wildman–Crippen MR) is 80.2 cm³/mol. The first-order valence-electron chi connectivity index (χ1n) is 7.04. The maximum atomic E-state index is 12.2. The molecule has 4 nitrogen and oxygen atoms in total. The van der Waals surface area contributed by atoms with E-state index in [-0.39, 0.29) is 5.78 Å². The van der Waals surface area contributed by atoms with Gasteiger partial charge in [0, 0.05) is 13.0 Å². The van der Waals surface area contributed by atoms with E-state index in [1.165, 1.54) is 0 Å². The van der Waals surface area contributed by atoms with E-state index in [1.54, 1.807) is 19.1 Å². The summed E-state index contributed by atoms with van der Waals surface area (Å²) >= 11 is 0. The number of ketones is 1. The van der Waals surface area contributed by atoms with Gasteiger partial charge in [0.25, 0.3) is 0 Å². The van der Waals surface area contributed by atoms with Gasteiger partial charge in [0.15, 0.2) is 0 Å². The van der Waals surface area contributed by atoms with Crippen LogP contribution in [0.3, 0.4) is 0 Å². The van der Waals surface area contributed by atoms with Gasteiger partial charge in [-0.25, -0.2) is 13.1 Å². The van der Waals surface area contributed by atoms with Crippen molar-refractivity contribution in [2.45, 2.75) is 50.8 Å². The average molecular weight is 297 g/mol. The van der Waals surface area contributed by atoms with Crippen molar-refractivity contribution in [3.05, 3.63) is 29.8 Å². The molecule has 1 aromatic rings. The second-order valence-corrected chi connectivity index (χ2v) is 6.61. The minimum Gasteiger partial charge on any atom is -0.300 e. The molecule has 0 atom stereocenters. The normalized spacial score (nSPS) is 11.5. The molecular formula is C15H23NO3S. The molecule has 20 heavy (non-hydrogen) atoms. The Hall–Kier alpha value is -1.20. The van der Waals surface area contributed by atoms with E-state index < -0.39 is 10.0 Å². The Labute approximate surface area is 121 Å². The number of hydrogen-bond donors (Lipinski definition) is 1. The Balaban J connectivity index is 2.48. The van der Waals surface area contributed by atoms with Gasteiger partial charge in [-0.15, -0.1) is 0 Å². The summed E-state index contributed by atoms with van der Waals surface area (Å²) in [6.07, 6.45) is 3.70. The largest absolute Gasteiger partial charge is 0.300 e. The summed E-state index contributed by atoms with van der Waals surface area (Å²) in [7, 11) is -3.42. The van der Waals surface area contributed by atoms with Gasteiger partial charge >= 0.3 is 0 Å². The van der Waals surface area contributed by atoms with Crippen LogP contribution in [0.1, 0.15) is 45.1 Å². The van der Waals surface area contributed by atoms with Gasteiger partial charge in [-0.3, -0.25) is 0 Å². The second-order valence-electron chi connectivity index (χ2n) is 4.87. The summed E-state index contributed by atoms with van der Waals surface area (Å²) in [5.41, 5.74) is 0.830. The Morgan fingerprint density at radius 2 is 1.85 bits per heavy atom. The third kappa shape index (κ3) is 5.43. The zero-order chi connectivity index (χ0) is 15.0. The first kappa shape index (κ1) is 16.9. The van der Waals surface area contributed by atoms with Crippen LogP contribution in [-0.2, 0) is 21.2 Å². The summed E-state index contributed by atoms with van der Waals surface area (Å²) in [5.74, 6) is 0.183. The number of nitrogens with one attached hydrogen (secondary N) is 1. The van der Waals surface area contributed by atoms with Crippen LogP contribution in [0, 0.1) is 0 Å². The lowest BCUT2D eigenvalue weighted by Crippen LogP contribution is -2.25. The minimum atomic E-state index is -3.42. The van der Waals surface area contributed by atoms with Crippen molar-refractivity contribution in [1.29, 1.82) is 0 Å². The van der Waals surface area contributed by atoms with Crippen molar-refractivity contribution in [3.8, 4) is 0 Å². The standard InChI is InChI=1S/C15H23NO3S/c1-3-14-10-6-7-11-15(14)20(18,19)16-12-8-4-5-9-13(2)17/h6-7,10-11,16H,3-5,8-9,12H2,1-2H3. The van der Waals surface area contributed by atoms with Crippen LogP contribution in [0.5, 0.6) is 0 Å². The number of carbonyl (C=O) groups excluding carboxylic acids is 1. The predicted octanol–water partition coefficient (Wildman–Crippen LogP) is 2.68. The maximum absolute atomic E-state index is 12.2. The smallest absolute Gasteiger partial charge is 0.240 e. The summed E-state index contributed by atoms with van der Waals surface area (Å²) in [6, 6.07) is 7.05. The van der Waals surface area contributed by atoms with E-state index in [1.807, 2.05) is 19.1 Å². The van der Waals surface area contributed by atoms with Crippen LogP contribution < -0.4 is 4.72 Å².